The van der Waals surface area contributed by atoms with Crippen molar-refractivity contribution in [2.75, 3.05) is 13.7 Å². The molecule has 0 bridgehead atoms. The van der Waals surface area contributed by atoms with E-state index in [4.69, 9.17) is 5.11 Å². The molecular formula is C5H11NO2. The SMILES string of the molecule is CN[C@H](C=O)CCO. The molecule has 0 aliphatic rings. The summed E-state index contributed by atoms with van der Waals surface area (Å²) < 4.78 is 0. The van der Waals surface area contributed by atoms with Crippen LogP contribution >= 0.6 is 0 Å². The molecule has 0 spiro atoms. The summed E-state index contributed by atoms with van der Waals surface area (Å²) in [5.41, 5.74) is 0. The van der Waals surface area contributed by atoms with Crippen LogP contribution in [0.5, 0.6) is 0 Å². The number of aldehydes is 1. The van der Waals surface area contributed by atoms with Crippen LogP contribution in [-0.2, 0) is 4.79 Å². The Hall–Kier alpha value is -0.410. The number of hydrogen-bond acceptors (Lipinski definition) is 3. The standard InChI is InChI=1S/C5H11NO2/c1-6-5(4-8)2-3-7/h4-7H,2-3H2,1H3/t5-/m0/s1. The van der Waals surface area contributed by atoms with Crippen LogP contribution < -0.4 is 5.32 Å². The highest BCUT2D eigenvalue weighted by molar-refractivity contribution is 5.57. The quantitative estimate of drug-likeness (QED) is 0.472. The zero-order chi connectivity index (χ0) is 6.41. The molecule has 48 valence electrons. The third kappa shape index (κ3) is 2.71. The smallest absolute Gasteiger partial charge is 0.136 e. The first-order valence-electron chi connectivity index (χ1n) is 2.58. The molecule has 0 aliphatic carbocycles. The van der Waals surface area contributed by atoms with E-state index in [0.29, 0.717) is 6.42 Å². The molecule has 0 fully saturated rings. The van der Waals surface area contributed by atoms with E-state index in [9.17, 15) is 4.79 Å². The molecule has 1 atom stereocenters. The van der Waals surface area contributed by atoms with Crippen LogP contribution in [-0.4, -0.2) is 31.1 Å². The van der Waals surface area contributed by atoms with E-state index in [0.717, 1.165) is 6.29 Å². The first-order valence-corrected chi connectivity index (χ1v) is 2.58. The Bertz CT molecular complexity index is 65.4. The number of carbonyl (C=O) groups excluding carboxylic acids is 1. The van der Waals surface area contributed by atoms with Gasteiger partial charge in [-0.3, -0.25) is 0 Å². The third-order valence-electron chi connectivity index (χ3n) is 0.975. The maximum absolute atomic E-state index is 9.95. The Balaban J connectivity index is 3.21. The fraction of sp³-hybridized carbons (Fsp3) is 0.800. The highest BCUT2D eigenvalue weighted by Gasteiger charge is 1.99. The number of aliphatic hydroxyl groups excluding tert-OH is 1. The molecule has 3 heteroatoms. The normalized spacial score (nSPS) is 13.2. The molecule has 0 rings (SSSR count). The number of rotatable bonds is 4. The average Bonchev–Trinajstić information content (AvgIpc) is 1.83. The topological polar surface area (TPSA) is 49.3 Å². The Morgan fingerprint density at radius 2 is 2.50 bits per heavy atom. The number of nitrogens with one attached hydrogen (secondary N) is 1. The van der Waals surface area contributed by atoms with Crippen LogP contribution in [0.2, 0.25) is 0 Å². The summed E-state index contributed by atoms with van der Waals surface area (Å²) in [6.07, 6.45) is 1.29. The van der Waals surface area contributed by atoms with Crippen molar-refractivity contribution in [3.63, 3.8) is 0 Å². The lowest BCUT2D eigenvalue weighted by atomic mass is 10.2. The van der Waals surface area contributed by atoms with Gasteiger partial charge in [0.1, 0.15) is 6.29 Å². The molecule has 0 aromatic carbocycles. The molecule has 2 N–H and O–H groups in total. The predicted molar refractivity (Wildman–Crippen MR) is 30.6 cm³/mol. The van der Waals surface area contributed by atoms with Crippen LogP contribution in [0.3, 0.4) is 0 Å². The van der Waals surface area contributed by atoms with Gasteiger partial charge in [0.2, 0.25) is 0 Å². The summed E-state index contributed by atoms with van der Waals surface area (Å²) >= 11 is 0. The first kappa shape index (κ1) is 7.59. The van der Waals surface area contributed by atoms with Crippen LogP contribution in [0.4, 0.5) is 0 Å². The fourth-order valence-electron chi connectivity index (χ4n) is 0.420. The van der Waals surface area contributed by atoms with Gasteiger partial charge in [-0.15, -0.1) is 0 Å². The Labute approximate surface area is 48.7 Å². The zero-order valence-corrected chi connectivity index (χ0v) is 4.92. The van der Waals surface area contributed by atoms with Crippen LogP contribution in [0.15, 0.2) is 0 Å². The lowest BCUT2D eigenvalue weighted by Crippen LogP contribution is -2.27. The van der Waals surface area contributed by atoms with Gasteiger partial charge in [-0.25, -0.2) is 0 Å². The minimum absolute atomic E-state index is 0.0598. The van der Waals surface area contributed by atoms with Gasteiger partial charge in [0.25, 0.3) is 0 Å². The minimum Gasteiger partial charge on any atom is -0.396 e. The summed E-state index contributed by atoms with van der Waals surface area (Å²) in [6.45, 7) is 0.0598. The number of carbonyl (C=O) groups is 1. The molecule has 3 nitrogen and oxygen atoms in total. The molecule has 0 amide bonds. The first-order chi connectivity index (χ1) is 3.85. The van der Waals surface area contributed by atoms with Gasteiger partial charge >= 0.3 is 0 Å². The van der Waals surface area contributed by atoms with Gasteiger partial charge in [-0.1, -0.05) is 0 Å². The zero-order valence-electron chi connectivity index (χ0n) is 4.92. The monoisotopic (exact) mass is 117 g/mol. The van der Waals surface area contributed by atoms with Crippen molar-refractivity contribution in [3.05, 3.63) is 0 Å². The second kappa shape index (κ2) is 4.74. The molecule has 0 aliphatic heterocycles. The van der Waals surface area contributed by atoms with E-state index in [1.807, 2.05) is 0 Å². The second-order valence-corrected chi connectivity index (χ2v) is 1.54. The summed E-state index contributed by atoms with van der Waals surface area (Å²) in [5, 5.41) is 11.0. The molecule has 0 aromatic rings. The summed E-state index contributed by atoms with van der Waals surface area (Å²) in [5.74, 6) is 0. The van der Waals surface area contributed by atoms with E-state index in [2.05, 4.69) is 5.32 Å². The van der Waals surface area contributed by atoms with Crippen molar-refractivity contribution in [1.82, 2.24) is 5.32 Å². The Morgan fingerprint density at radius 1 is 1.88 bits per heavy atom. The van der Waals surface area contributed by atoms with Crippen molar-refractivity contribution in [2.45, 2.75) is 12.5 Å². The van der Waals surface area contributed by atoms with Gasteiger partial charge in [0, 0.05) is 6.61 Å². The molecule has 0 heterocycles. The fourth-order valence-corrected chi connectivity index (χ4v) is 0.420. The predicted octanol–water partition coefficient (Wildman–Crippen LogP) is -0.844. The van der Waals surface area contributed by atoms with Crippen molar-refractivity contribution in [1.29, 1.82) is 0 Å². The molecule has 0 aromatic heterocycles. The Morgan fingerprint density at radius 3 is 2.62 bits per heavy atom. The van der Waals surface area contributed by atoms with Gasteiger partial charge < -0.3 is 15.2 Å². The van der Waals surface area contributed by atoms with E-state index >= 15 is 0 Å². The molecule has 0 unspecified atom stereocenters. The van der Waals surface area contributed by atoms with Gasteiger partial charge in [0.15, 0.2) is 0 Å². The van der Waals surface area contributed by atoms with Crippen molar-refractivity contribution >= 4 is 6.29 Å². The van der Waals surface area contributed by atoms with Crippen LogP contribution in [0, 0.1) is 0 Å². The highest BCUT2D eigenvalue weighted by atomic mass is 16.3. The summed E-state index contributed by atoms with van der Waals surface area (Å²) in [4.78, 5) is 9.95. The maximum atomic E-state index is 9.95. The van der Waals surface area contributed by atoms with Crippen molar-refractivity contribution < 1.29 is 9.90 Å². The molecular weight excluding hydrogens is 106 g/mol. The van der Waals surface area contributed by atoms with Gasteiger partial charge in [-0.2, -0.15) is 0 Å². The number of aliphatic hydroxyl groups is 1. The summed E-state index contributed by atoms with van der Waals surface area (Å²) in [7, 11) is 1.69. The van der Waals surface area contributed by atoms with Crippen LogP contribution in [0.1, 0.15) is 6.42 Å². The lowest BCUT2D eigenvalue weighted by molar-refractivity contribution is -0.109. The maximum Gasteiger partial charge on any atom is 0.136 e. The van der Waals surface area contributed by atoms with Crippen LogP contribution in [0.25, 0.3) is 0 Å². The van der Waals surface area contributed by atoms with Gasteiger partial charge in [-0.05, 0) is 13.5 Å². The third-order valence-corrected chi connectivity index (χ3v) is 0.975. The average molecular weight is 117 g/mol. The number of likely N-dealkylation sites (N-methyl/N-ethyl adjacent to an activating group) is 1. The van der Waals surface area contributed by atoms with Crippen molar-refractivity contribution in [2.24, 2.45) is 0 Å². The molecule has 8 heavy (non-hydrogen) atoms. The second-order valence-electron chi connectivity index (χ2n) is 1.54. The molecule has 0 saturated carbocycles. The van der Waals surface area contributed by atoms with E-state index in [1.54, 1.807) is 7.05 Å². The molecule has 0 radical (unpaired) electrons. The minimum atomic E-state index is -0.181. The lowest BCUT2D eigenvalue weighted by Gasteiger charge is -2.03. The van der Waals surface area contributed by atoms with Crippen molar-refractivity contribution in [3.8, 4) is 0 Å². The molecule has 0 saturated heterocycles. The van der Waals surface area contributed by atoms with E-state index < -0.39 is 0 Å². The Kier molecular flexibility index (Phi) is 4.50. The highest BCUT2D eigenvalue weighted by Crippen LogP contribution is 1.82. The van der Waals surface area contributed by atoms with E-state index in [-0.39, 0.29) is 12.6 Å². The van der Waals surface area contributed by atoms with E-state index in [1.165, 1.54) is 0 Å². The summed E-state index contributed by atoms with van der Waals surface area (Å²) in [6, 6.07) is -0.181. The largest absolute Gasteiger partial charge is 0.396 e. The van der Waals surface area contributed by atoms with Gasteiger partial charge in [0.05, 0.1) is 6.04 Å². The number of hydrogen-bond donors (Lipinski definition) is 2.